The van der Waals surface area contributed by atoms with E-state index in [0.29, 0.717) is 19.8 Å². The Hall–Kier alpha value is -1.55. The molecule has 18 heavy (non-hydrogen) atoms. The van der Waals surface area contributed by atoms with E-state index < -0.39 is 17.3 Å². The third-order valence-corrected chi connectivity index (χ3v) is 3.64. The summed E-state index contributed by atoms with van der Waals surface area (Å²) in [5.41, 5.74) is 0.563. The zero-order valence-corrected chi connectivity index (χ0v) is 10.7. The van der Waals surface area contributed by atoms with Gasteiger partial charge in [0.25, 0.3) is 0 Å². The number of carboxylic acid groups (broad SMARTS) is 1. The molecule has 1 saturated heterocycles. The molecule has 0 spiro atoms. The Morgan fingerprint density at radius 1 is 1.56 bits per heavy atom. The summed E-state index contributed by atoms with van der Waals surface area (Å²) in [6, 6.07) is 7.65. The first-order valence-corrected chi connectivity index (χ1v) is 6.14. The first-order chi connectivity index (χ1) is 8.60. The first-order valence-electron chi connectivity index (χ1n) is 6.14. The average Bonchev–Trinajstić information content (AvgIpc) is 2.28. The third kappa shape index (κ3) is 2.08. The van der Waals surface area contributed by atoms with Crippen LogP contribution in [0.3, 0.4) is 0 Å². The predicted molar refractivity (Wildman–Crippen MR) is 66.9 cm³/mol. The zero-order valence-electron chi connectivity index (χ0n) is 10.7. The highest BCUT2D eigenvalue weighted by atomic mass is 16.5. The lowest BCUT2D eigenvalue weighted by Gasteiger charge is -2.44. The second-order valence-electron chi connectivity index (χ2n) is 4.67. The van der Waals surface area contributed by atoms with Gasteiger partial charge in [-0.15, -0.1) is 0 Å². The minimum Gasteiger partial charge on any atom is -0.494 e. The maximum atomic E-state index is 11.2. The third-order valence-electron chi connectivity index (χ3n) is 3.64. The minimum absolute atomic E-state index is 0.418. The van der Waals surface area contributed by atoms with E-state index >= 15 is 0 Å². The molecule has 1 aliphatic heterocycles. The molecule has 1 aromatic carbocycles. The molecule has 0 bridgehead atoms. The average molecular weight is 250 g/mol. The summed E-state index contributed by atoms with van der Waals surface area (Å²) in [5, 5.41) is 9.23. The van der Waals surface area contributed by atoms with Crippen LogP contribution in [0.25, 0.3) is 0 Å². The fourth-order valence-electron chi connectivity index (χ4n) is 2.29. The molecule has 0 aliphatic carbocycles. The number of aliphatic carboxylic acids is 1. The van der Waals surface area contributed by atoms with Crippen molar-refractivity contribution in [1.82, 2.24) is 0 Å². The van der Waals surface area contributed by atoms with Crippen LogP contribution in [0, 0.1) is 5.92 Å². The Morgan fingerprint density at radius 3 is 2.78 bits per heavy atom. The van der Waals surface area contributed by atoms with Crippen LogP contribution in [0.15, 0.2) is 24.3 Å². The molecule has 4 heteroatoms. The maximum absolute atomic E-state index is 11.2. The number of hydrogen-bond acceptors (Lipinski definition) is 3. The van der Waals surface area contributed by atoms with Crippen LogP contribution >= 0.6 is 0 Å². The predicted octanol–water partition coefficient (Wildman–Crippen LogP) is 2.07. The molecule has 1 aromatic rings. The molecule has 1 unspecified atom stereocenters. The highest BCUT2D eigenvalue weighted by Gasteiger charge is 2.48. The largest absolute Gasteiger partial charge is 0.494 e. The van der Waals surface area contributed by atoms with Gasteiger partial charge in [0.05, 0.1) is 31.2 Å². The van der Waals surface area contributed by atoms with Crippen molar-refractivity contribution in [3.05, 3.63) is 29.8 Å². The van der Waals surface area contributed by atoms with E-state index in [0.717, 1.165) is 11.3 Å². The summed E-state index contributed by atoms with van der Waals surface area (Å²) in [5.74, 6) is -0.484. The van der Waals surface area contributed by atoms with Gasteiger partial charge in [-0.2, -0.15) is 0 Å². The van der Waals surface area contributed by atoms with Crippen molar-refractivity contribution in [2.45, 2.75) is 19.3 Å². The van der Waals surface area contributed by atoms with Crippen LogP contribution in [-0.2, 0) is 14.9 Å². The molecule has 0 amide bonds. The SMILES string of the molecule is CCOc1cccc(C2(C(C)C(=O)O)COC2)c1. The summed E-state index contributed by atoms with van der Waals surface area (Å²) >= 11 is 0. The van der Waals surface area contributed by atoms with Gasteiger partial charge in [0.2, 0.25) is 0 Å². The molecule has 1 aliphatic rings. The number of rotatable bonds is 5. The van der Waals surface area contributed by atoms with Gasteiger partial charge in [-0.1, -0.05) is 19.1 Å². The Bertz CT molecular complexity index is 437. The molecular weight excluding hydrogens is 232 g/mol. The van der Waals surface area contributed by atoms with Gasteiger partial charge in [-0.05, 0) is 24.6 Å². The van der Waals surface area contributed by atoms with Crippen molar-refractivity contribution in [3.63, 3.8) is 0 Å². The van der Waals surface area contributed by atoms with Gasteiger partial charge >= 0.3 is 5.97 Å². The summed E-state index contributed by atoms with van der Waals surface area (Å²) < 4.78 is 10.7. The summed E-state index contributed by atoms with van der Waals surface area (Å²) in [4.78, 5) is 11.2. The lowest BCUT2D eigenvalue weighted by molar-refractivity contribution is -0.155. The Morgan fingerprint density at radius 2 is 2.28 bits per heavy atom. The van der Waals surface area contributed by atoms with E-state index in [-0.39, 0.29) is 0 Å². The first kappa shape index (κ1) is 12.9. The van der Waals surface area contributed by atoms with E-state index in [2.05, 4.69) is 0 Å². The number of carbonyl (C=O) groups is 1. The summed E-state index contributed by atoms with van der Waals surface area (Å²) in [7, 11) is 0. The molecule has 98 valence electrons. The Kier molecular flexibility index (Phi) is 3.57. The van der Waals surface area contributed by atoms with Gasteiger partial charge in [0.15, 0.2) is 0 Å². The van der Waals surface area contributed by atoms with Gasteiger partial charge in [-0.25, -0.2) is 0 Å². The van der Waals surface area contributed by atoms with Crippen LogP contribution in [0.5, 0.6) is 5.75 Å². The molecule has 4 nitrogen and oxygen atoms in total. The summed E-state index contributed by atoms with van der Waals surface area (Å²) in [6.45, 7) is 5.17. The van der Waals surface area contributed by atoms with Crippen molar-refractivity contribution in [1.29, 1.82) is 0 Å². The minimum atomic E-state index is -0.792. The topological polar surface area (TPSA) is 55.8 Å². The molecule has 0 saturated carbocycles. The molecule has 1 heterocycles. The number of ether oxygens (including phenoxy) is 2. The van der Waals surface area contributed by atoms with Gasteiger partial charge < -0.3 is 14.6 Å². The fourth-order valence-corrected chi connectivity index (χ4v) is 2.29. The van der Waals surface area contributed by atoms with Gasteiger partial charge in [-0.3, -0.25) is 4.79 Å². The highest BCUT2D eigenvalue weighted by molar-refractivity contribution is 5.72. The van der Waals surface area contributed by atoms with Crippen LogP contribution in [-0.4, -0.2) is 30.9 Å². The normalized spacial score (nSPS) is 18.8. The summed E-state index contributed by atoms with van der Waals surface area (Å²) in [6.07, 6.45) is 0. The van der Waals surface area contributed by atoms with Crippen molar-refractivity contribution in [2.75, 3.05) is 19.8 Å². The molecular formula is C14H18O4. The van der Waals surface area contributed by atoms with E-state index in [1.165, 1.54) is 0 Å². The van der Waals surface area contributed by atoms with E-state index in [1.807, 2.05) is 31.2 Å². The van der Waals surface area contributed by atoms with Crippen LogP contribution < -0.4 is 4.74 Å². The van der Waals surface area contributed by atoms with Crippen LogP contribution in [0.1, 0.15) is 19.4 Å². The molecule has 2 rings (SSSR count). The Labute approximate surface area is 107 Å². The smallest absolute Gasteiger partial charge is 0.307 e. The molecule has 1 atom stereocenters. The van der Waals surface area contributed by atoms with Gasteiger partial charge in [0.1, 0.15) is 5.75 Å². The van der Waals surface area contributed by atoms with E-state index in [9.17, 15) is 9.90 Å². The number of hydrogen-bond donors (Lipinski definition) is 1. The molecule has 0 radical (unpaired) electrons. The standard InChI is InChI=1S/C14H18O4/c1-3-18-12-6-4-5-11(7-12)14(8-17-9-14)10(2)13(15)16/h4-7,10H,3,8-9H2,1-2H3,(H,15,16). The van der Waals surface area contributed by atoms with Crippen LogP contribution in [0.4, 0.5) is 0 Å². The van der Waals surface area contributed by atoms with Gasteiger partial charge in [0, 0.05) is 0 Å². The lowest BCUT2D eigenvalue weighted by atomic mass is 9.69. The zero-order chi connectivity index (χ0) is 13.2. The van der Waals surface area contributed by atoms with E-state index in [4.69, 9.17) is 9.47 Å². The Balaban J connectivity index is 2.32. The number of benzene rings is 1. The van der Waals surface area contributed by atoms with Crippen molar-refractivity contribution in [2.24, 2.45) is 5.92 Å². The number of carboxylic acids is 1. The second kappa shape index (κ2) is 4.98. The van der Waals surface area contributed by atoms with E-state index in [1.54, 1.807) is 6.92 Å². The van der Waals surface area contributed by atoms with Crippen LogP contribution in [0.2, 0.25) is 0 Å². The fraction of sp³-hybridized carbons (Fsp3) is 0.500. The van der Waals surface area contributed by atoms with Crippen molar-refractivity contribution in [3.8, 4) is 5.75 Å². The lowest BCUT2D eigenvalue weighted by Crippen LogP contribution is -2.53. The monoisotopic (exact) mass is 250 g/mol. The molecule has 0 aromatic heterocycles. The maximum Gasteiger partial charge on any atom is 0.307 e. The highest BCUT2D eigenvalue weighted by Crippen LogP contribution is 2.40. The van der Waals surface area contributed by atoms with Crippen molar-refractivity contribution >= 4 is 5.97 Å². The quantitative estimate of drug-likeness (QED) is 0.869. The molecule has 1 fully saturated rings. The molecule has 1 N–H and O–H groups in total. The second-order valence-corrected chi connectivity index (χ2v) is 4.67. The van der Waals surface area contributed by atoms with Crippen molar-refractivity contribution < 1.29 is 19.4 Å².